The zero-order chi connectivity index (χ0) is 14.1. The number of halogens is 1. The summed E-state index contributed by atoms with van der Waals surface area (Å²) in [4.78, 5) is 1.87. The van der Waals surface area contributed by atoms with Gasteiger partial charge in [0.05, 0.1) is 9.21 Å². The third-order valence-corrected chi connectivity index (χ3v) is 5.10. The predicted molar refractivity (Wildman–Crippen MR) is 86.5 cm³/mol. The van der Waals surface area contributed by atoms with E-state index in [4.69, 9.17) is 27.5 Å². The number of thiophene rings is 2. The van der Waals surface area contributed by atoms with E-state index in [0.717, 1.165) is 29.9 Å². The molecule has 0 fully saturated rings. The van der Waals surface area contributed by atoms with Gasteiger partial charge in [-0.05, 0) is 41.8 Å². The Kier molecular flexibility index (Phi) is 3.65. The highest BCUT2D eigenvalue weighted by Crippen LogP contribution is 2.30. The van der Waals surface area contributed by atoms with Gasteiger partial charge in [-0.15, -0.1) is 22.7 Å². The van der Waals surface area contributed by atoms with Crippen molar-refractivity contribution in [1.82, 2.24) is 0 Å². The number of nitrogens with one attached hydrogen (secondary N) is 1. The maximum absolute atomic E-state index is 7.46. The summed E-state index contributed by atoms with van der Waals surface area (Å²) in [6, 6.07) is 11.6. The van der Waals surface area contributed by atoms with Gasteiger partial charge < -0.3 is 10.5 Å². The van der Waals surface area contributed by atoms with Gasteiger partial charge in [0.1, 0.15) is 18.2 Å². The van der Waals surface area contributed by atoms with Crippen molar-refractivity contribution in [3.05, 3.63) is 50.5 Å². The molecule has 1 aromatic carbocycles. The molecule has 0 spiro atoms. The minimum atomic E-state index is 0.0990. The summed E-state index contributed by atoms with van der Waals surface area (Å²) in [5, 5.41) is 8.54. The molecule has 0 saturated carbocycles. The molecule has 0 unspecified atom stereocenters. The molecular formula is C14H11ClN2OS2. The molecule has 0 atom stereocenters. The lowest BCUT2D eigenvalue weighted by Gasteiger charge is -2.04. The summed E-state index contributed by atoms with van der Waals surface area (Å²) in [7, 11) is 0. The van der Waals surface area contributed by atoms with Crippen molar-refractivity contribution in [3.63, 3.8) is 0 Å². The van der Waals surface area contributed by atoms with E-state index in [1.165, 1.54) is 22.7 Å². The van der Waals surface area contributed by atoms with Crippen LogP contribution in [0.15, 0.2) is 36.4 Å². The van der Waals surface area contributed by atoms with E-state index in [0.29, 0.717) is 6.61 Å². The van der Waals surface area contributed by atoms with Crippen molar-refractivity contribution >= 4 is 50.2 Å². The van der Waals surface area contributed by atoms with Crippen molar-refractivity contribution in [3.8, 4) is 5.75 Å². The Morgan fingerprint density at radius 2 is 2.05 bits per heavy atom. The Labute approximate surface area is 129 Å². The van der Waals surface area contributed by atoms with Gasteiger partial charge in [0.25, 0.3) is 0 Å². The van der Waals surface area contributed by atoms with Crippen LogP contribution in [0, 0.1) is 5.41 Å². The van der Waals surface area contributed by atoms with E-state index in [1.54, 1.807) is 0 Å². The largest absolute Gasteiger partial charge is 0.488 e. The Hall–Kier alpha value is -1.56. The minimum Gasteiger partial charge on any atom is -0.488 e. The van der Waals surface area contributed by atoms with Crippen LogP contribution in [0.4, 0.5) is 0 Å². The Morgan fingerprint density at radius 1 is 1.20 bits per heavy atom. The summed E-state index contributed by atoms with van der Waals surface area (Å²) >= 11 is 8.90. The molecule has 0 aliphatic rings. The molecule has 3 aromatic rings. The van der Waals surface area contributed by atoms with Crippen LogP contribution in [0.3, 0.4) is 0 Å². The number of benzene rings is 1. The van der Waals surface area contributed by atoms with Gasteiger partial charge in [0, 0.05) is 9.58 Å². The Balaban J connectivity index is 1.80. The molecule has 0 aliphatic carbocycles. The van der Waals surface area contributed by atoms with Crippen LogP contribution in [-0.4, -0.2) is 5.84 Å². The van der Waals surface area contributed by atoms with Crippen LogP contribution < -0.4 is 10.5 Å². The molecule has 3 rings (SSSR count). The van der Waals surface area contributed by atoms with Gasteiger partial charge in [-0.2, -0.15) is 0 Å². The van der Waals surface area contributed by atoms with E-state index >= 15 is 0 Å². The highest BCUT2D eigenvalue weighted by molar-refractivity contribution is 7.20. The first-order valence-corrected chi connectivity index (χ1v) is 7.88. The lowest BCUT2D eigenvalue weighted by molar-refractivity contribution is 0.310. The second-order valence-electron chi connectivity index (χ2n) is 4.22. The highest BCUT2D eigenvalue weighted by atomic mass is 35.5. The highest BCUT2D eigenvalue weighted by Gasteiger charge is 2.06. The first kappa shape index (κ1) is 13.4. The maximum Gasteiger partial charge on any atom is 0.133 e. The van der Waals surface area contributed by atoms with Gasteiger partial charge in [0.15, 0.2) is 0 Å². The number of nitrogens with two attached hydrogens (primary N) is 1. The quantitative estimate of drug-likeness (QED) is 0.549. The first-order chi connectivity index (χ1) is 9.61. The predicted octanol–water partition coefficient (Wildman–Crippen LogP) is 4.48. The summed E-state index contributed by atoms with van der Waals surface area (Å²) in [6.45, 7) is 0.508. The molecule has 0 amide bonds. The molecule has 3 N–H and O–H groups in total. The molecular weight excluding hydrogens is 312 g/mol. The molecule has 0 saturated heterocycles. The molecule has 2 aromatic heterocycles. The molecule has 20 heavy (non-hydrogen) atoms. The Bertz CT molecular complexity index is 778. The molecule has 102 valence electrons. The van der Waals surface area contributed by atoms with E-state index in [2.05, 4.69) is 0 Å². The number of hydrogen-bond acceptors (Lipinski definition) is 4. The van der Waals surface area contributed by atoms with E-state index in [1.807, 2.05) is 36.4 Å². The van der Waals surface area contributed by atoms with Gasteiger partial charge in [-0.25, -0.2) is 0 Å². The van der Waals surface area contributed by atoms with Crippen molar-refractivity contribution in [1.29, 1.82) is 5.41 Å². The SMILES string of the molecule is N=C(N)c1cc2ccc(OCc3ccc(Cl)s3)cc2s1. The summed E-state index contributed by atoms with van der Waals surface area (Å²) in [5.41, 5.74) is 5.50. The fourth-order valence-corrected chi connectivity index (χ4v) is 3.77. The lowest BCUT2D eigenvalue weighted by Crippen LogP contribution is -2.08. The minimum absolute atomic E-state index is 0.0990. The van der Waals surface area contributed by atoms with E-state index in [-0.39, 0.29) is 5.84 Å². The van der Waals surface area contributed by atoms with Crippen LogP contribution in [0.1, 0.15) is 9.75 Å². The second-order valence-corrected chi connectivity index (χ2v) is 7.10. The summed E-state index contributed by atoms with van der Waals surface area (Å²) in [5.74, 6) is 0.904. The molecule has 0 radical (unpaired) electrons. The van der Waals surface area contributed by atoms with Crippen LogP contribution in [0.5, 0.6) is 5.75 Å². The first-order valence-electron chi connectivity index (χ1n) is 5.87. The van der Waals surface area contributed by atoms with Crippen LogP contribution in [0.25, 0.3) is 10.1 Å². The summed E-state index contributed by atoms with van der Waals surface area (Å²) in [6.07, 6.45) is 0. The zero-order valence-electron chi connectivity index (χ0n) is 10.4. The molecule has 2 heterocycles. The number of ether oxygens (including phenoxy) is 1. The number of rotatable bonds is 4. The Morgan fingerprint density at radius 3 is 2.75 bits per heavy atom. The second kappa shape index (κ2) is 5.44. The fourth-order valence-electron chi connectivity index (χ4n) is 1.82. The molecule has 6 heteroatoms. The molecule has 0 bridgehead atoms. The van der Waals surface area contributed by atoms with Crippen LogP contribution in [0.2, 0.25) is 4.34 Å². The fraction of sp³-hybridized carbons (Fsp3) is 0.0714. The van der Waals surface area contributed by atoms with Gasteiger partial charge >= 0.3 is 0 Å². The van der Waals surface area contributed by atoms with Crippen LogP contribution in [-0.2, 0) is 6.61 Å². The average Bonchev–Trinajstić information content (AvgIpc) is 3.01. The van der Waals surface area contributed by atoms with E-state index < -0.39 is 0 Å². The number of hydrogen-bond donors (Lipinski definition) is 2. The number of fused-ring (bicyclic) bond motifs is 1. The van der Waals surface area contributed by atoms with Gasteiger partial charge in [-0.3, -0.25) is 5.41 Å². The van der Waals surface area contributed by atoms with Crippen molar-refractivity contribution < 1.29 is 4.74 Å². The van der Waals surface area contributed by atoms with Crippen molar-refractivity contribution in [2.45, 2.75) is 6.61 Å². The molecule has 0 aliphatic heterocycles. The van der Waals surface area contributed by atoms with Gasteiger partial charge in [-0.1, -0.05) is 11.6 Å². The monoisotopic (exact) mass is 322 g/mol. The van der Waals surface area contributed by atoms with Crippen molar-refractivity contribution in [2.24, 2.45) is 5.73 Å². The smallest absolute Gasteiger partial charge is 0.133 e. The number of amidine groups is 1. The number of nitrogen functional groups attached to an aromatic ring is 1. The van der Waals surface area contributed by atoms with Crippen molar-refractivity contribution in [2.75, 3.05) is 0 Å². The summed E-state index contributed by atoms with van der Waals surface area (Å²) < 4.78 is 7.59. The van der Waals surface area contributed by atoms with Gasteiger partial charge in [0.2, 0.25) is 0 Å². The van der Waals surface area contributed by atoms with Crippen LogP contribution >= 0.6 is 34.3 Å². The zero-order valence-corrected chi connectivity index (χ0v) is 12.7. The maximum atomic E-state index is 7.46. The lowest BCUT2D eigenvalue weighted by atomic mass is 10.2. The normalized spacial score (nSPS) is 10.8. The average molecular weight is 323 g/mol. The third kappa shape index (κ3) is 2.80. The topological polar surface area (TPSA) is 59.1 Å². The standard InChI is InChI=1S/C14H11ClN2OS2/c15-13-4-3-10(19-13)7-18-9-2-1-8-5-12(14(16)17)20-11(8)6-9/h1-6H,7H2,(H3,16,17). The third-order valence-electron chi connectivity index (χ3n) is 2.77. The molecule has 3 nitrogen and oxygen atoms in total. The van der Waals surface area contributed by atoms with E-state index in [9.17, 15) is 0 Å².